The number of aromatic nitrogens is 2. The van der Waals surface area contributed by atoms with Crippen LogP contribution in [0.2, 0.25) is 0 Å². The molecular weight excluding hydrogens is 313 g/mol. The fourth-order valence-corrected chi connectivity index (χ4v) is 3.12. The third kappa shape index (κ3) is 2.88. The van der Waals surface area contributed by atoms with Gasteiger partial charge in [0.2, 0.25) is 0 Å². The first-order valence-corrected chi connectivity index (χ1v) is 10.1. The van der Waals surface area contributed by atoms with Crippen molar-refractivity contribution in [2.45, 2.75) is 38.9 Å². The van der Waals surface area contributed by atoms with Crippen molar-refractivity contribution in [1.29, 1.82) is 0 Å². The third-order valence-electron chi connectivity index (χ3n) is 4.45. The fraction of sp³-hybridized carbons (Fsp3) is 0.400. The quantitative estimate of drug-likeness (QED) is 0.693. The van der Waals surface area contributed by atoms with E-state index in [2.05, 4.69) is 70.9 Å². The van der Waals surface area contributed by atoms with Crippen LogP contribution < -0.4 is 11.0 Å². The highest BCUT2D eigenvalue weighted by Crippen LogP contribution is 2.36. The van der Waals surface area contributed by atoms with Crippen molar-refractivity contribution >= 4 is 35.3 Å². The lowest BCUT2D eigenvalue weighted by molar-refractivity contribution is 0.00578. The van der Waals surface area contributed by atoms with Crippen LogP contribution in [0, 0.1) is 0 Å². The van der Waals surface area contributed by atoms with Crippen LogP contribution in [0.3, 0.4) is 0 Å². The van der Waals surface area contributed by atoms with E-state index in [1.54, 1.807) is 0 Å². The van der Waals surface area contributed by atoms with Gasteiger partial charge in [0, 0.05) is 11.8 Å². The molecule has 0 radical (unpaired) electrons. The Morgan fingerprint density at radius 2 is 1.68 bits per heavy atom. The molecule has 1 aliphatic rings. The Bertz CT molecular complexity index is 654. The van der Waals surface area contributed by atoms with E-state index in [-0.39, 0.29) is 18.3 Å². The van der Waals surface area contributed by atoms with Gasteiger partial charge in [-0.25, -0.2) is 4.98 Å². The molecule has 0 bridgehead atoms. The van der Waals surface area contributed by atoms with Crippen LogP contribution in [-0.4, -0.2) is 28.3 Å². The number of hydrogen-bond acceptors (Lipinski definition) is 3. The highest BCUT2D eigenvalue weighted by atomic mass is 32.0. The summed E-state index contributed by atoms with van der Waals surface area (Å²) < 4.78 is 12.1. The van der Waals surface area contributed by atoms with Crippen molar-refractivity contribution in [3.63, 3.8) is 0 Å². The van der Waals surface area contributed by atoms with Gasteiger partial charge >= 0.3 is 7.12 Å². The van der Waals surface area contributed by atoms with E-state index in [4.69, 9.17) is 9.31 Å². The number of hydrogen-bond donors (Lipinski definition) is 1. The Balaban J connectivity index is 1.81. The maximum Gasteiger partial charge on any atom is 0.494 e. The molecule has 2 atom stereocenters. The minimum absolute atomic E-state index is 0.312. The second kappa shape index (κ2) is 5.72. The highest BCUT2D eigenvalue weighted by Gasteiger charge is 2.51. The van der Waals surface area contributed by atoms with Crippen LogP contribution in [0.25, 0.3) is 11.3 Å². The third-order valence-corrected chi connectivity index (χ3v) is 5.80. The summed E-state index contributed by atoms with van der Waals surface area (Å²) in [6.07, 6.45) is 1.94. The molecule has 1 N–H and O–H groups in total. The highest BCUT2D eigenvalue weighted by molar-refractivity contribution is 8.06. The standard InChI is InChI=1S/C15H21BN2O2P2/c1-14(2)15(3,4)20-16(19-14)11-7-5-10(6-8-11)12-9-17-13(18-12)22-21/h5-9,22H,21H2,1-4H3,(H,17,18). The molecule has 0 saturated carbocycles. The number of benzene rings is 1. The molecule has 2 aromatic rings. The summed E-state index contributed by atoms with van der Waals surface area (Å²) in [6.45, 7) is 8.26. The Morgan fingerprint density at radius 3 is 2.18 bits per heavy atom. The normalized spacial score (nSPS) is 20.1. The molecule has 2 heterocycles. The molecule has 22 heavy (non-hydrogen) atoms. The molecule has 1 aromatic carbocycles. The van der Waals surface area contributed by atoms with Crippen LogP contribution in [0.1, 0.15) is 27.7 Å². The van der Waals surface area contributed by atoms with Crippen molar-refractivity contribution in [2.75, 3.05) is 0 Å². The molecule has 0 amide bonds. The Labute approximate surface area is 135 Å². The Hall–Kier alpha value is -0.725. The van der Waals surface area contributed by atoms with E-state index in [1.165, 1.54) is 0 Å². The second-order valence-electron chi connectivity index (χ2n) is 6.49. The number of H-pyrrole nitrogens is 1. The summed E-state index contributed by atoms with van der Waals surface area (Å²) in [6, 6.07) is 8.22. The molecular formula is C15H21BN2O2P2. The molecule has 0 spiro atoms. The fourth-order valence-electron chi connectivity index (χ4n) is 2.33. The molecule has 1 aliphatic heterocycles. The lowest BCUT2D eigenvalue weighted by Gasteiger charge is -2.32. The Kier molecular flexibility index (Phi) is 4.20. The minimum atomic E-state index is -0.317. The van der Waals surface area contributed by atoms with Gasteiger partial charge in [0.1, 0.15) is 5.57 Å². The summed E-state index contributed by atoms with van der Waals surface area (Å²) in [7, 11) is 2.97. The van der Waals surface area contributed by atoms with E-state index < -0.39 is 0 Å². The van der Waals surface area contributed by atoms with Crippen molar-refractivity contribution in [1.82, 2.24) is 9.97 Å². The average molecular weight is 334 g/mol. The van der Waals surface area contributed by atoms with Crippen molar-refractivity contribution < 1.29 is 9.31 Å². The molecule has 4 nitrogen and oxygen atoms in total. The van der Waals surface area contributed by atoms with Crippen LogP contribution >= 0.6 is 17.2 Å². The molecule has 1 fully saturated rings. The van der Waals surface area contributed by atoms with Crippen molar-refractivity contribution in [2.24, 2.45) is 0 Å². The Morgan fingerprint density at radius 1 is 1.09 bits per heavy atom. The van der Waals surface area contributed by atoms with Crippen LogP contribution in [0.4, 0.5) is 0 Å². The average Bonchev–Trinajstić information content (AvgIpc) is 3.02. The zero-order valence-corrected chi connectivity index (χ0v) is 15.5. The summed E-state index contributed by atoms with van der Waals surface area (Å²) >= 11 is 0. The molecule has 7 heteroatoms. The number of rotatable bonds is 3. The summed E-state index contributed by atoms with van der Waals surface area (Å²) in [5.41, 5.74) is 3.46. The van der Waals surface area contributed by atoms with E-state index in [9.17, 15) is 0 Å². The second-order valence-corrected chi connectivity index (χ2v) is 8.12. The van der Waals surface area contributed by atoms with E-state index in [0.29, 0.717) is 8.27 Å². The molecule has 3 rings (SSSR count). The maximum atomic E-state index is 6.07. The molecule has 1 aromatic heterocycles. The van der Waals surface area contributed by atoms with Crippen LogP contribution in [0.5, 0.6) is 0 Å². The van der Waals surface area contributed by atoms with Gasteiger partial charge in [0.05, 0.1) is 16.9 Å². The van der Waals surface area contributed by atoms with Gasteiger partial charge in [0.25, 0.3) is 0 Å². The van der Waals surface area contributed by atoms with Crippen LogP contribution in [-0.2, 0) is 9.31 Å². The first-order chi connectivity index (χ1) is 10.3. The SMILES string of the molecule is CC1(C)OB(c2ccc(-c3c[nH]c(PP)n3)cc2)OC1(C)C. The number of aromatic amines is 1. The van der Waals surface area contributed by atoms with E-state index in [1.807, 2.05) is 6.20 Å². The van der Waals surface area contributed by atoms with Gasteiger partial charge in [-0.1, -0.05) is 24.3 Å². The van der Waals surface area contributed by atoms with Crippen molar-refractivity contribution in [3.8, 4) is 11.3 Å². The van der Waals surface area contributed by atoms with E-state index in [0.717, 1.165) is 22.3 Å². The molecule has 2 unspecified atom stereocenters. The number of nitrogens with zero attached hydrogens (tertiary/aromatic N) is 1. The molecule has 116 valence electrons. The molecule has 1 saturated heterocycles. The van der Waals surface area contributed by atoms with Crippen molar-refractivity contribution in [3.05, 3.63) is 30.5 Å². The van der Waals surface area contributed by atoms with E-state index >= 15 is 0 Å². The van der Waals surface area contributed by atoms with Gasteiger partial charge < -0.3 is 14.3 Å². The predicted octanol–water partition coefficient (Wildman–Crippen LogP) is 2.47. The first kappa shape index (κ1) is 16.1. The van der Waals surface area contributed by atoms with Gasteiger partial charge in [-0.15, -0.1) is 8.93 Å². The summed E-state index contributed by atoms with van der Waals surface area (Å²) in [5, 5.41) is 0. The van der Waals surface area contributed by atoms with Gasteiger partial charge in [-0.2, -0.15) is 0 Å². The largest absolute Gasteiger partial charge is 0.494 e. The topological polar surface area (TPSA) is 47.1 Å². The monoisotopic (exact) mass is 334 g/mol. The molecule has 0 aliphatic carbocycles. The lowest BCUT2D eigenvalue weighted by atomic mass is 9.79. The number of nitrogens with one attached hydrogen (secondary N) is 1. The summed E-state index contributed by atoms with van der Waals surface area (Å²) in [4.78, 5) is 7.72. The predicted molar refractivity (Wildman–Crippen MR) is 97.4 cm³/mol. The van der Waals surface area contributed by atoms with Gasteiger partial charge in [-0.3, -0.25) is 0 Å². The number of imidazole rings is 1. The first-order valence-electron chi connectivity index (χ1n) is 7.30. The summed E-state index contributed by atoms with van der Waals surface area (Å²) in [5.74, 6) is 0. The zero-order valence-electron chi connectivity index (χ0n) is 13.3. The zero-order chi connectivity index (χ0) is 16.0. The lowest BCUT2D eigenvalue weighted by Crippen LogP contribution is -2.41. The van der Waals surface area contributed by atoms with Crippen LogP contribution in [0.15, 0.2) is 30.5 Å². The smallest absolute Gasteiger partial charge is 0.399 e. The maximum absolute atomic E-state index is 6.07. The van der Waals surface area contributed by atoms with Gasteiger partial charge in [0.15, 0.2) is 0 Å². The minimum Gasteiger partial charge on any atom is -0.399 e. The van der Waals surface area contributed by atoms with Gasteiger partial charge in [-0.05, 0) is 41.4 Å².